The maximum Gasteiger partial charge on any atom is 0.327 e. The number of aromatic nitrogens is 2. The summed E-state index contributed by atoms with van der Waals surface area (Å²) in [6, 6.07) is 8.48. The summed E-state index contributed by atoms with van der Waals surface area (Å²) in [7, 11) is 0. The maximum absolute atomic E-state index is 13.7. The van der Waals surface area contributed by atoms with Crippen LogP contribution in [-0.2, 0) is 5.54 Å². The van der Waals surface area contributed by atoms with Crippen molar-refractivity contribution in [1.29, 1.82) is 0 Å². The van der Waals surface area contributed by atoms with Gasteiger partial charge in [-0.05, 0) is 44.2 Å². The van der Waals surface area contributed by atoms with Gasteiger partial charge < -0.3 is 16.0 Å². The van der Waals surface area contributed by atoms with Crippen molar-refractivity contribution in [3.63, 3.8) is 0 Å². The fourth-order valence-electron chi connectivity index (χ4n) is 2.63. The Kier molecular flexibility index (Phi) is 3.88. The number of fused-ring (bicyclic) bond motifs is 1. The minimum atomic E-state index is -0.689. The molecule has 0 bridgehead atoms. The molecular formula is C17H18F2N4O. The maximum atomic E-state index is 13.7. The van der Waals surface area contributed by atoms with Gasteiger partial charge in [-0.15, -0.1) is 0 Å². The summed E-state index contributed by atoms with van der Waals surface area (Å²) in [5, 5.41) is 2.88. The normalized spacial score (nSPS) is 11.9. The van der Waals surface area contributed by atoms with Gasteiger partial charge in [0.1, 0.15) is 11.6 Å². The molecule has 0 fully saturated rings. The van der Waals surface area contributed by atoms with E-state index in [-0.39, 0.29) is 11.4 Å². The van der Waals surface area contributed by atoms with Gasteiger partial charge in [0.2, 0.25) is 0 Å². The van der Waals surface area contributed by atoms with Crippen LogP contribution in [0.2, 0.25) is 0 Å². The second-order valence-electron chi connectivity index (χ2n) is 6.26. The van der Waals surface area contributed by atoms with Crippen LogP contribution in [0.25, 0.3) is 11.0 Å². The number of anilines is 2. The molecule has 0 aliphatic heterocycles. The zero-order chi connectivity index (χ0) is 17.5. The highest BCUT2D eigenvalue weighted by Crippen LogP contribution is 2.25. The quantitative estimate of drug-likeness (QED) is 0.687. The number of hydrogen-bond donors (Lipinski definition) is 3. The molecule has 0 unspecified atom stereocenters. The number of hydrogen-bond acceptors (Lipinski definition) is 3. The molecule has 0 radical (unpaired) electrons. The van der Waals surface area contributed by atoms with Crippen LogP contribution in [0.15, 0.2) is 41.2 Å². The lowest BCUT2D eigenvalue weighted by atomic mass is 10.1. The van der Waals surface area contributed by atoms with Crippen LogP contribution in [0.4, 0.5) is 20.2 Å². The summed E-state index contributed by atoms with van der Waals surface area (Å²) in [5.74, 6) is -1.33. The van der Waals surface area contributed by atoms with Gasteiger partial charge in [0.05, 0.1) is 22.3 Å². The van der Waals surface area contributed by atoms with E-state index in [9.17, 15) is 13.6 Å². The molecule has 7 heteroatoms. The molecule has 3 rings (SSSR count). The van der Waals surface area contributed by atoms with E-state index in [4.69, 9.17) is 5.73 Å². The lowest BCUT2D eigenvalue weighted by Gasteiger charge is -2.24. The Morgan fingerprint density at radius 2 is 1.96 bits per heavy atom. The molecule has 0 atom stereocenters. The van der Waals surface area contributed by atoms with Gasteiger partial charge in [-0.3, -0.25) is 4.57 Å². The van der Waals surface area contributed by atoms with Gasteiger partial charge in [0, 0.05) is 18.3 Å². The van der Waals surface area contributed by atoms with Crippen molar-refractivity contribution in [2.24, 2.45) is 5.73 Å². The first-order valence-corrected chi connectivity index (χ1v) is 7.49. The van der Waals surface area contributed by atoms with Crippen molar-refractivity contribution in [1.82, 2.24) is 9.55 Å². The number of H-pyrrole nitrogens is 1. The lowest BCUT2D eigenvalue weighted by Crippen LogP contribution is -2.40. The summed E-state index contributed by atoms with van der Waals surface area (Å²) < 4.78 is 28.3. The summed E-state index contributed by atoms with van der Waals surface area (Å²) in [6.07, 6.45) is 0. The smallest absolute Gasteiger partial charge is 0.327 e. The summed E-state index contributed by atoms with van der Waals surface area (Å²) >= 11 is 0. The minimum absolute atomic E-state index is 0.153. The second kappa shape index (κ2) is 5.76. The third kappa shape index (κ3) is 2.78. The average Bonchev–Trinajstić information content (AvgIpc) is 2.86. The number of rotatable bonds is 4. The highest BCUT2D eigenvalue weighted by atomic mass is 19.1. The monoisotopic (exact) mass is 332 g/mol. The molecular weight excluding hydrogens is 314 g/mol. The molecule has 0 spiro atoms. The molecule has 0 saturated carbocycles. The van der Waals surface area contributed by atoms with Crippen molar-refractivity contribution < 1.29 is 8.78 Å². The van der Waals surface area contributed by atoms with Gasteiger partial charge in [-0.25, -0.2) is 13.6 Å². The Hall–Kier alpha value is -2.67. The molecule has 0 aliphatic rings. The van der Waals surface area contributed by atoms with E-state index in [0.29, 0.717) is 23.3 Å². The number of nitrogens with zero attached hydrogens (tertiary/aromatic N) is 1. The van der Waals surface area contributed by atoms with Crippen molar-refractivity contribution >= 4 is 22.4 Å². The molecule has 2 aromatic carbocycles. The van der Waals surface area contributed by atoms with Gasteiger partial charge in [-0.1, -0.05) is 0 Å². The number of aromatic amines is 1. The fourth-order valence-corrected chi connectivity index (χ4v) is 2.63. The van der Waals surface area contributed by atoms with Gasteiger partial charge in [-0.2, -0.15) is 0 Å². The van der Waals surface area contributed by atoms with Gasteiger partial charge >= 0.3 is 5.69 Å². The Balaban J connectivity index is 2.02. The summed E-state index contributed by atoms with van der Waals surface area (Å²) in [6.45, 7) is 4.06. The van der Waals surface area contributed by atoms with Crippen LogP contribution >= 0.6 is 0 Å². The van der Waals surface area contributed by atoms with Crippen molar-refractivity contribution in [2.75, 3.05) is 11.9 Å². The van der Waals surface area contributed by atoms with E-state index in [2.05, 4.69) is 10.3 Å². The third-order valence-corrected chi connectivity index (χ3v) is 4.00. The molecule has 24 heavy (non-hydrogen) atoms. The molecule has 1 heterocycles. The van der Waals surface area contributed by atoms with Crippen LogP contribution < -0.4 is 16.7 Å². The van der Waals surface area contributed by atoms with E-state index in [1.807, 2.05) is 13.8 Å². The first-order chi connectivity index (χ1) is 11.3. The Morgan fingerprint density at radius 1 is 1.21 bits per heavy atom. The Morgan fingerprint density at radius 3 is 2.62 bits per heavy atom. The largest absolute Gasteiger partial charge is 0.353 e. The number of imidazole rings is 1. The molecule has 1 aromatic heterocycles. The predicted molar refractivity (Wildman–Crippen MR) is 90.6 cm³/mol. The molecule has 126 valence electrons. The average molecular weight is 332 g/mol. The minimum Gasteiger partial charge on any atom is -0.353 e. The zero-order valence-electron chi connectivity index (χ0n) is 13.4. The summed E-state index contributed by atoms with van der Waals surface area (Å²) in [5.41, 5.74) is 7.01. The van der Waals surface area contributed by atoms with Crippen molar-refractivity contribution in [3.05, 3.63) is 58.5 Å². The summed E-state index contributed by atoms with van der Waals surface area (Å²) in [4.78, 5) is 15.0. The molecule has 0 aliphatic carbocycles. The van der Waals surface area contributed by atoms with E-state index in [1.165, 1.54) is 12.1 Å². The topological polar surface area (TPSA) is 75.8 Å². The lowest BCUT2D eigenvalue weighted by molar-refractivity contribution is 0.367. The second-order valence-corrected chi connectivity index (χ2v) is 6.26. The number of halogens is 2. The molecule has 0 amide bonds. The highest BCUT2D eigenvalue weighted by molar-refractivity contribution is 5.81. The fraction of sp³-hybridized carbons (Fsp3) is 0.235. The standard InChI is InChI=1S/C17H18F2N4O/c1-17(2,9-20)23-15-6-4-11(8-14(15)22-16(23)24)21-13-5-3-10(18)7-12(13)19/h3-8,21H,9,20H2,1-2H3,(H,22,24). The zero-order valence-corrected chi connectivity index (χ0v) is 13.4. The highest BCUT2D eigenvalue weighted by Gasteiger charge is 2.23. The molecule has 3 aromatic rings. The van der Waals surface area contributed by atoms with Gasteiger partial charge in [0.25, 0.3) is 0 Å². The molecule has 5 nitrogen and oxygen atoms in total. The molecule has 0 saturated heterocycles. The Bertz CT molecular complexity index is 959. The van der Waals surface area contributed by atoms with Crippen LogP contribution in [0.3, 0.4) is 0 Å². The van der Waals surface area contributed by atoms with E-state index >= 15 is 0 Å². The van der Waals surface area contributed by atoms with Crippen LogP contribution in [0.1, 0.15) is 13.8 Å². The van der Waals surface area contributed by atoms with Crippen molar-refractivity contribution in [2.45, 2.75) is 19.4 Å². The first-order valence-electron chi connectivity index (χ1n) is 7.49. The third-order valence-electron chi connectivity index (χ3n) is 4.00. The SMILES string of the molecule is CC(C)(CN)n1c(=O)[nH]c2cc(Nc3ccc(F)cc3F)ccc21. The van der Waals surface area contributed by atoms with Gasteiger partial charge in [0.15, 0.2) is 0 Å². The number of nitrogens with two attached hydrogens (primary N) is 1. The Labute approximate surface area is 137 Å². The number of nitrogens with one attached hydrogen (secondary N) is 2. The van der Waals surface area contributed by atoms with E-state index < -0.39 is 17.2 Å². The van der Waals surface area contributed by atoms with Crippen LogP contribution in [0, 0.1) is 11.6 Å². The van der Waals surface area contributed by atoms with E-state index in [1.54, 1.807) is 22.8 Å². The van der Waals surface area contributed by atoms with Crippen molar-refractivity contribution in [3.8, 4) is 0 Å². The molecule has 4 N–H and O–H groups in total. The number of benzene rings is 2. The predicted octanol–water partition coefficient (Wildman–Crippen LogP) is 3.05. The van der Waals surface area contributed by atoms with E-state index in [0.717, 1.165) is 6.07 Å². The van der Waals surface area contributed by atoms with Crippen LogP contribution in [-0.4, -0.2) is 16.1 Å². The van der Waals surface area contributed by atoms with Crippen LogP contribution in [0.5, 0.6) is 0 Å². The first kappa shape index (κ1) is 16.2.